The van der Waals surface area contributed by atoms with Gasteiger partial charge in [-0.15, -0.1) is 0 Å². The molecule has 3 rings (SSSR count). The van der Waals surface area contributed by atoms with E-state index >= 15 is 0 Å². The Balaban J connectivity index is 2.46. The number of pyridine rings is 1. The lowest BCUT2D eigenvalue weighted by molar-refractivity contribution is 0.0695. The minimum absolute atomic E-state index is 0.0767. The number of carboxylic acid groups (broad SMARTS) is 2. The summed E-state index contributed by atoms with van der Waals surface area (Å²) in [6.45, 7) is 1.78. The molecule has 0 aliphatic rings. The average molecular weight is 428 g/mol. The van der Waals surface area contributed by atoms with Crippen LogP contribution in [0.15, 0.2) is 63.1 Å². The molecule has 0 fully saturated rings. The summed E-state index contributed by atoms with van der Waals surface area (Å²) in [7, 11) is -4.18. The van der Waals surface area contributed by atoms with Crippen molar-refractivity contribution < 1.29 is 28.2 Å². The molecule has 5 N–H and O–H groups in total. The van der Waals surface area contributed by atoms with Crippen LogP contribution in [0.3, 0.4) is 0 Å². The van der Waals surface area contributed by atoms with Crippen LogP contribution in [-0.2, 0) is 9.84 Å². The van der Waals surface area contributed by atoms with Crippen molar-refractivity contribution in [3.63, 3.8) is 0 Å². The summed E-state index contributed by atoms with van der Waals surface area (Å²) in [6.07, 6.45) is 0. The Morgan fingerprint density at radius 1 is 0.933 bits per heavy atom. The number of carboxylic acids is 2. The number of hydrogen-bond donors (Lipinski definition) is 4. The summed E-state index contributed by atoms with van der Waals surface area (Å²) < 4.78 is 26.5. The molecule has 9 nitrogen and oxygen atoms in total. The molecule has 0 aliphatic heterocycles. The number of sulfone groups is 1. The third-order valence-corrected chi connectivity index (χ3v) is 6.28. The summed E-state index contributed by atoms with van der Waals surface area (Å²) in [5.74, 6) is -3.94. The highest BCUT2D eigenvalue weighted by Gasteiger charge is 2.31. The zero-order chi connectivity index (χ0) is 22.2. The predicted octanol–water partition coefficient (Wildman–Crippen LogP) is 2.16. The highest BCUT2D eigenvalue weighted by atomic mass is 32.2. The minimum atomic E-state index is -4.18. The monoisotopic (exact) mass is 428 g/mol. The molecule has 1 aromatic heterocycles. The molecule has 0 radical (unpaired) electrons. The van der Waals surface area contributed by atoms with Gasteiger partial charge in [0.1, 0.15) is 16.9 Å². The lowest BCUT2D eigenvalue weighted by Crippen LogP contribution is -2.24. The van der Waals surface area contributed by atoms with Crippen LogP contribution >= 0.6 is 0 Å². The van der Waals surface area contributed by atoms with E-state index < -0.39 is 49.8 Å². The number of rotatable bonds is 5. The van der Waals surface area contributed by atoms with E-state index in [0.29, 0.717) is 0 Å². The molecule has 154 valence electrons. The molecule has 0 unspecified atom stereocenters. The van der Waals surface area contributed by atoms with Gasteiger partial charge in [-0.25, -0.2) is 18.0 Å². The van der Waals surface area contributed by atoms with Gasteiger partial charge in [-0.05, 0) is 25.1 Å². The van der Waals surface area contributed by atoms with Gasteiger partial charge in [0.15, 0.2) is 0 Å². The van der Waals surface area contributed by atoms with Crippen molar-refractivity contribution >= 4 is 27.6 Å². The highest BCUT2D eigenvalue weighted by molar-refractivity contribution is 7.91. The van der Waals surface area contributed by atoms with Crippen molar-refractivity contribution in [1.29, 1.82) is 0 Å². The van der Waals surface area contributed by atoms with Gasteiger partial charge in [-0.1, -0.05) is 35.9 Å². The van der Waals surface area contributed by atoms with E-state index in [1.165, 1.54) is 36.4 Å². The Kier molecular flexibility index (Phi) is 5.19. The quantitative estimate of drug-likeness (QED) is 0.479. The SMILES string of the molecule is Cc1ccc(S(=O)(=O)c2ccccc2-c2c(C(=O)O)c(N)[nH]c(=O)c2C(=O)O)cc1. The molecule has 0 atom stereocenters. The number of aryl methyl sites for hydroxylation is 1. The van der Waals surface area contributed by atoms with E-state index in [9.17, 15) is 33.0 Å². The normalized spacial score (nSPS) is 11.2. The standard InChI is InChI=1S/C20H16N2O7S/c1-10-6-8-11(9-7-10)30(28,29)13-5-3-2-4-12(13)14-15(19(24)25)17(21)22-18(23)16(14)20(26)27/h2-9H,1H3,(H,24,25)(H,26,27)(H3,21,22,23). The molecule has 3 aromatic rings. The van der Waals surface area contributed by atoms with Gasteiger partial charge in [0, 0.05) is 11.1 Å². The molecule has 0 saturated heterocycles. The number of carbonyl (C=O) groups is 2. The van der Waals surface area contributed by atoms with E-state index in [1.807, 2.05) is 4.98 Å². The molecule has 10 heteroatoms. The maximum absolute atomic E-state index is 13.3. The second kappa shape index (κ2) is 7.48. The van der Waals surface area contributed by atoms with Crippen molar-refractivity contribution in [2.45, 2.75) is 16.7 Å². The largest absolute Gasteiger partial charge is 0.478 e. The van der Waals surface area contributed by atoms with Gasteiger partial charge in [0.05, 0.1) is 9.79 Å². The second-order valence-corrected chi connectivity index (χ2v) is 8.33. The first-order valence-corrected chi connectivity index (χ1v) is 9.97. The molecule has 0 bridgehead atoms. The summed E-state index contributed by atoms with van der Waals surface area (Å²) in [4.78, 5) is 37.4. The maximum atomic E-state index is 13.3. The third-order valence-electron chi connectivity index (χ3n) is 4.45. The Morgan fingerprint density at radius 2 is 1.50 bits per heavy atom. The summed E-state index contributed by atoms with van der Waals surface area (Å²) >= 11 is 0. The summed E-state index contributed by atoms with van der Waals surface area (Å²) in [6, 6.07) is 11.2. The Bertz CT molecular complexity index is 1340. The van der Waals surface area contributed by atoms with Gasteiger partial charge in [-0.2, -0.15) is 0 Å². The van der Waals surface area contributed by atoms with Gasteiger partial charge < -0.3 is 20.9 Å². The Morgan fingerprint density at radius 3 is 2.07 bits per heavy atom. The third kappa shape index (κ3) is 3.44. The molecular formula is C20H16N2O7S. The van der Waals surface area contributed by atoms with Crippen molar-refractivity contribution in [3.8, 4) is 11.1 Å². The smallest absolute Gasteiger partial charge is 0.342 e. The molecule has 2 aromatic carbocycles. The van der Waals surface area contributed by atoms with E-state index in [1.54, 1.807) is 19.1 Å². The van der Waals surface area contributed by atoms with Crippen LogP contribution in [-0.4, -0.2) is 35.6 Å². The lowest BCUT2D eigenvalue weighted by Gasteiger charge is -2.16. The van der Waals surface area contributed by atoms with Crippen LogP contribution in [0, 0.1) is 6.92 Å². The van der Waals surface area contributed by atoms with Crippen LogP contribution in [0.2, 0.25) is 0 Å². The fraction of sp³-hybridized carbons (Fsp3) is 0.0500. The van der Waals surface area contributed by atoms with Crippen molar-refractivity contribution in [2.24, 2.45) is 0 Å². The second-order valence-electron chi connectivity index (χ2n) is 6.42. The summed E-state index contributed by atoms with van der Waals surface area (Å²) in [5, 5.41) is 19.1. The zero-order valence-electron chi connectivity index (χ0n) is 15.5. The molecule has 30 heavy (non-hydrogen) atoms. The molecule has 0 aliphatic carbocycles. The molecule has 1 heterocycles. The number of nitrogens with two attached hydrogens (primary N) is 1. The molecule has 0 saturated carbocycles. The fourth-order valence-electron chi connectivity index (χ4n) is 3.07. The van der Waals surface area contributed by atoms with Crippen molar-refractivity contribution in [1.82, 2.24) is 4.98 Å². The van der Waals surface area contributed by atoms with Crippen LogP contribution in [0.5, 0.6) is 0 Å². The summed E-state index contributed by atoms with van der Waals surface area (Å²) in [5.41, 5.74) is 2.84. The highest BCUT2D eigenvalue weighted by Crippen LogP contribution is 2.36. The van der Waals surface area contributed by atoms with Gasteiger partial charge in [-0.3, -0.25) is 4.79 Å². The van der Waals surface area contributed by atoms with Gasteiger partial charge in [0.25, 0.3) is 5.56 Å². The first-order chi connectivity index (χ1) is 14.1. The first kappa shape index (κ1) is 20.8. The number of hydrogen-bond acceptors (Lipinski definition) is 6. The number of nitrogen functional groups attached to an aromatic ring is 1. The predicted molar refractivity (Wildman–Crippen MR) is 107 cm³/mol. The van der Waals surface area contributed by atoms with Gasteiger partial charge >= 0.3 is 11.9 Å². The van der Waals surface area contributed by atoms with E-state index in [0.717, 1.165) is 5.56 Å². The maximum Gasteiger partial charge on any atom is 0.342 e. The van der Waals surface area contributed by atoms with E-state index in [2.05, 4.69) is 0 Å². The van der Waals surface area contributed by atoms with Crippen LogP contribution in [0.1, 0.15) is 26.3 Å². The van der Waals surface area contributed by atoms with E-state index in [-0.39, 0.29) is 15.4 Å². The van der Waals surface area contributed by atoms with E-state index in [4.69, 9.17) is 5.73 Å². The van der Waals surface area contributed by atoms with Crippen LogP contribution in [0.25, 0.3) is 11.1 Å². The molecule has 0 amide bonds. The molecular weight excluding hydrogens is 412 g/mol. The number of nitrogens with one attached hydrogen (secondary N) is 1. The minimum Gasteiger partial charge on any atom is -0.478 e. The average Bonchev–Trinajstić information content (AvgIpc) is 2.67. The van der Waals surface area contributed by atoms with Crippen molar-refractivity contribution in [2.75, 3.05) is 5.73 Å². The Hall–Kier alpha value is -3.92. The molecule has 0 spiro atoms. The zero-order valence-corrected chi connectivity index (χ0v) is 16.4. The number of aromatic carboxylic acids is 2. The first-order valence-electron chi connectivity index (χ1n) is 8.49. The Labute approximate surface area is 170 Å². The lowest BCUT2D eigenvalue weighted by atomic mass is 9.95. The number of anilines is 1. The number of benzene rings is 2. The fourth-order valence-corrected chi connectivity index (χ4v) is 4.53. The number of H-pyrrole nitrogens is 1. The van der Waals surface area contributed by atoms with Gasteiger partial charge in [0.2, 0.25) is 9.84 Å². The number of aromatic amines is 1. The topological polar surface area (TPSA) is 168 Å². The van der Waals surface area contributed by atoms with Crippen LogP contribution < -0.4 is 11.3 Å². The van der Waals surface area contributed by atoms with Crippen molar-refractivity contribution in [3.05, 3.63) is 75.6 Å². The number of aromatic nitrogens is 1. The van der Waals surface area contributed by atoms with Crippen LogP contribution in [0.4, 0.5) is 5.82 Å².